The van der Waals surface area contributed by atoms with Crippen LogP contribution in [0.25, 0.3) is 0 Å². The molecule has 0 aromatic carbocycles. The topological polar surface area (TPSA) is 303 Å². The van der Waals surface area contributed by atoms with E-state index < -0.39 is 139 Å². The third-order valence-corrected chi connectivity index (χ3v) is 19.3. The summed E-state index contributed by atoms with van der Waals surface area (Å²) < 4.78 is 22.1. The van der Waals surface area contributed by atoms with Crippen LogP contribution in [-0.2, 0) is 86.4 Å². The number of hydrogen-bond donors (Lipinski definition) is 2. The number of hydroxylamine groups is 12. The number of carbonyl (C=O) groups is 9. The molecule has 0 aromatic heterocycles. The van der Waals surface area contributed by atoms with Crippen LogP contribution in [0, 0.1) is 5.92 Å². The van der Waals surface area contributed by atoms with Gasteiger partial charge in [-0.25, -0.2) is 4.79 Å². The van der Waals surface area contributed by atoms with Crippen molar-refractivity contribution >= 4 is 55.6 Å². The van der Waals surface area contributed by atoms with E-state index in [9.17, 15) is 48.6 Å². The SMILES string of the molecule is CC1OC(CON2CCC[C@H]2C=O)[C@H](ON2CCC[C@H]2C=O)[C@H](O[C@]2(C(=O)ON3CCC[C@H]3C=O)CC(N3CCC[C@H]3C(=O)O)[C@H](C)[C@H]([C@@H]([C@@H](CON3CCC[C@H]3C=O)ON3CCC[C@H]3C=O)N3CCC[C@H]3C(=O)O)O2)C1ON1CCC[C@H]1C=O. The van der Waals surface area contributed by atoms with Crippen molar-refractivity contribution in [2.24, 2.45) is 5.92 Å². The lowest BCUT2D eigenvalue weighted by molar-refractivity contribution is -0.397. The smallest absolute Gasteiger partial charge is 0.385 e. The van der Waals surface area contributed by atoms with Crippen LogP contribution in [0.1, 0.15) is 123 Å². The minimum absolute atomic E-state index is 0.144. The van der Waals surface area contributed by atoms with E-state index in [1.54, 1.807) is 27.0 Å². The Morgan fingerprint density at radius 2 is 1.02 bits per heavy atom. The van der Waals surface area contributed by atoms with E-state index in [4.69, 9.17) is 43.2 Å². The fraction of sp³-hybridized carbons (Fsp3) is 0.842. The number of carbonyl (C=O) groups excluding carboxylic acids is 7. The zero-order valence-electron chi connectivity index (χ0n) is 48.8. The predicted octanol–water partition coefficient (Wildman–Crippen LogP) is 0.317. The third kappa shape index (κ3) is 13.8. The van der Waals surface area contributed by atoms with Crippen molar-refractivity contribution in [2.45, 2.75) is 232 Å². The normalized spacial score (nSPS) is 39.3. The van der Waals surface area contributed by atoms with Crippen molar-refractivity contribution in [2.75, 3.05) is 65.6 Å². The van der Waals surface area contributed by atoms with Gasteiger partial charge in [0.1, 0.15) is 86.4 Å². The van der Waals surface area contributed by atoms with Gasteiger partial charge in [0.2, 0.25) is 0 Å². The molecular formula is C57H86N8O20. The summed E-state index contributed by atoms with van der Waals surface area (Å²) in [6.45, 7) is 5.35. The van der Waals surface area contributed by atoms with Crippen LogP contribution in [-0.4, -0.2) is 281 Å². The van der Waals surface area contributed by atoms with Crippen LogP contribution in [0.2, 0.25) is 0 Å². The van der Waals surface area contributed by atoms with E-state index in [-0.39, 0.29) is 52.2 Å². The van der Waals surface area contributed by atoms with Gasteiger partial charge in [0.15, 0.2) is 0 Å². The molecule has 474 valence electrons. The van der Waals surface area contributed by atoms with Crippen LogP contribution < -0.4 is 0 Å². The summed E-state index contributed by atoms with van der Waals surface area (Å²) in [4.78, 5) is 163. The fourth-order valence-corrected chi connectivity index (χ4v) is 14.9. The quantitative estimate of drug-likeness (QED) is 0.0997. The van der Waals surface area contributed by atoms with Gasteiger partial charge in [-0.1, -0.05) is 6.92 Å². The highest BCUT2D eigenvalue weighted by atomic mass is 16.8. The molecule has 0 radical (unpaired) electrons. The Kier molecular flexibility index (Phi) is 21.7. The van der Waals surface area contributed by atoms with Crippen molar-refractivity contribution in [3.05, 3.63) is 0 Å². The predicted molar refractivity (Wildman–Crippen MR) is 290 cm³/mol. The molecule has 0 aliphatic carbocycles. The molecule has 0 saturated carbocycles. The van der Waals surface area contributed by atoms with Gasteiger partial charge in [-0.2, -0.15) is 25.3 Å². The number of carboxylic acids is 2. The number of hydrogen-bond acceptors (Lipinski definition) is 26. The number of rotatable bonds is 28. The van der Waals surface area contributed by atoms with Crippen molar-refractivity contribution in [3.8, 4) is 0 Å². The van der Waals surface area contributed by atoms with E-state index in [1.807, 2.05) is 11.8 Å². The summed E-state index contributed by atoms with van der Waals surface area (Å²) in [5, 5.41) is 31.1. The van der Waals surface area contributed by atoms with Crippen molar-refractivity contribution in [1.29, 1.82) is 0 Å². The molecule has 0 aromatic rings. The molecule has 4 unspecified atom stereocenters. The maximum atomic E-state index is 16.4. The standard InChI is InChI=1S/C57H86N8O20/c1-36-46(58-19-9-17-44(58)54(72)73)27-57(56(76)85-65-26-8-16-43(65)33-71,80-50(36)49(59-20-10-18-45(59)55(74)75)47(82-62-23-5-13-40(62)30-68)34-77-60-21-3-11-38(60)28-66)81-53-51(83-63-24-6-14-41(63)31-69)37(2)79-48(35-78-61-22-4-12-39(61)29-67)52(53)84-64-25-7-15-42(64)32-70/h28-33,36-53H,3-27,34-35H2,1-2H3,(H,72,73)(H,74,75)/t36-,37?,38-,39-,40-,41-,42-,43-,44-,45-,46?,47+,48?,49+,50+,51?,52-,53+,57-/m0/s1. The van der Waals surface area contributed by atoms with E-state index in [1.165, 1.54) is 15.2 Å². The lowest BCUT2D eigenvalue weighted by atomic mass is 9.79. The first-order chi connectivity index (χ1) is 41.2. The molecule has 10 rings (SSSR count). The number of likely N-dealkylation sites (tertiary alicyclic amines) is 2. The average Bonchev–Trinajstić information content (AvgIpc) is 1.61. The first-order valence-electron chi connectivity index (χ1n) is 31.0. The summed E-state index contributed by atoms with van der Waals surface area (Å²) >= 11 is 0. The Labute approximate surface area is 494 Å². The van der Waals surface area contributed by atoms with Crippen molar-refractivity contribution in [3.63, 3.8) is 0 Å². The summed E-state index contributed by atoms with van der Waals surface area (Å²) in [6, 6.07) is -8.53. The highest BCUT2D eigenvalue weighted by Crippen LogP contribution is 2.47. The zero-order chi connectivity index (χ0) is 59.9. The van der Waals surface area contributed by atoms with Gasteiger partial charge in [0.25, 0.3) is 5.79 Å². The molecule has 28 nitrogen and oxygen atoms in total. The molecule has 10 saturated heterocycles. The monoisotopic (exact) mass is 1200 g/mol. The van der Waals surface area contributed by atoms with E-state index in [0.717, 1.165) is 31.4 Å². The van der Waals surface area contributed by atoms with Gasteiger partial charge in [-0.3, -0.25) is 43.6 Å². The Balaban J connectivity index is 1.16. The highest BCUT2D eigenvalue weighted by Gasteiger charge is 2.64. The fourth-order valence-electron chi connectivity index (χ4n) is 14.9. The molecule has 10 aliphatic heterocycles. The van der Waals surface area contributed by atoms with Gasteiger partial charge < -0.3 is 58.0 Å². The largest absolute Gasteiger partial charge is 0.480 e. The molecule has 10 aliphatic rings. The summed E-state index contributed by atoms with van der Waals surface area (Å²) in [5.41, 5.74) is 0. The van der Waals surface area contributed by atoms with Crippen molar-refractivity contribution in [1.82, 2.24) is 40.2 Å². The maximum Gasteiger partial charge on any atom is 0.385 e. The summed E-state index contributed by atoms with van der Waals surface area (Å²) in [6.07, 6.45) is 3.07. The molecule has 0 amide bonds. The van der Waals surface area contributed by atoms with Crippen molar-refractivity contribution < 1.29 is 96.6 Å². The number of aliphatic carboxylic acids is 2. The molecule has 0 spiro atoms. The van der Waals surface area contributed by atoms with Crippen LogP contribution >= 0.6 is 0 Å². The molecule has 19 atom stereocenters. The van der Waals surface area contributed by atoms with Gasteiger partial charge >= 0.3 is 17.9 Å². The van der Waals surface area contributed by atoms with Crippen LogP contribution in [0.4, 0.5) is 0 Å². The van der Waals surface area contributed by atoms with Crippen LogP contribution in [0.3, 0.4) is 0 Å². The van der Waals surface area contributed by atoms with Crippen LogP contribution in [0.15, 0.2) is 0 Å². The van der Waals surface area contributed by atoms with Gasteiger partial charge in [0.05, 0.1) is 61.7 Å². The summed E-state index contributed by atoms with van der Waals surface area (Å²) in [5.74, 6) is -6.87. The number of ether oxygens (including phenoxy) is 3. The lowest BCUT2D eigenvalue weighted by Crippen LogP contribution is -2.72. The van der Waals surface area contributed by atoms with E-state index in [0.29, 0.717) is 122 Å². The lowest BCUT2D eigenvalue weighted by Gasteiger charge is -2.55. The second-order valence-electron chi connectivity index (χ2n) is 24.6. The molecule has 2 N–H and O–H groups in total. The minimum Gasteiger partial charge on any atom is -0.480 e. The first kappa shape index (κ1) is 63.8. The van der Waals surface area contributed by atoms with E-state index >= 15 is 4.79 Å². The Morgan fingerprint density at radius 1 is 0.553 bits per heavy atom. The highest BCUT2D eigenvalue weighted by molar-refractivity contribution is 5.79. The molecule has 10 heterocycles. The molecule has 10 fully saturated rings. The molecule has 28 heteroatoms. The average molecular weight is 1200 g/mol. The number of nitrogens with zero attached hydrogens (tertiary/aromatic N) is 8. The molecule has 85 heavy (non-hydrogen) atoms. The van der Waals surface area contributed by atoms with Gasteiger partial charge in [0, 0.05) is 51.7 Å². The maximum absolute atomic E-state index is 16.4. The second kappa shape index (κ2) is 29.0. The molecular weight excluding hydrogens is 1120 g/mol. The first-order valence-corrected chi connectivity index (χ1v) is 31.0. The van der Waals surface area contributed by atoms with E-state index in [2.05, 4.69) is 0 Å². The Hall–Kier alpha value is -4.21. The second-order valence-corrected chi connectivity index (χ2v) is 24.6. The Bertz CT molecular complexity index is 2350. The number of carboxylic acid groups (broad SMARTS) is 2. The van der Waals surface area contributed by atoms with Gasteiger partial charge in [-0.15, -0.1) is 5.06 Å². The minimum atomic E-state index is -2.67. The summed E-state index contributed by atoms with van der Waals surface area (Å²) in [7, 11) is 0. The Morgan fingerprint density at radius 3 is 1.60 bits per heavy atom. The van der Waals surface area contributed by atoms with Crippen LogP contribution in [0.5, 0.6) is 0 Å². The number of aldehydes is 6. The molecule has 0 bridgehead atoms. The third-order valence-electron chi connectivity index (χ3n) is 19.3. The van der Waals surface area contributed by atoms with Gasteiger partial charge in [-0.05, 0) is 129 Å². The zero-order valence-corrected chi connectivity index (χ0v) is 48.8.